The third kappa shape index (κ3) is 6.64. The molecule has 0 aliphatic heterocycles. The van der Waals surface area contributed by atoms with Crippen LogP contribution in [0.25, 0.3) is 133 Å². The average Bonchev–Trinajstić information content (AvgIpc) is 4.45. The first-order valence-corrected chi connectivity index (χ1v) is 26.7. The minimum absolute atomic E-state index is 0.305. The molecule has 0 radical (unpaired) electrons. The molecule has 0 N–H and O–H groups in total. The summed E-state index contributed by atoms with van der Waals surface area (Å²) in [6.07, 6.45) is 0. The Labute approximate surface area is 459 Å². The fraction of sp³-hybridized carbons (Fsp3) is 0.0139. The molecule has 8 nitrogen and oxygen atoms in total. The van der Waals surface area contributed by atoms with Crippen LogP contribution in [0.1, 0.15) is 28.2 Å². The molecular formula is C72H42N8. The zero-order valence-electron chi connectivity index (χ0n) is 42.8. The topological polar surface area (TPSA) is 81.6 Å². The van der Waals surface area contributed by atoms with Crippen LogP contribution < -0.4 is 0 Å². The van der Waals surface area contributed by atoms with Gasteiger partial charge in [-0.2, -0.15) is 5.26 Å². The van der Waals surface area contributed by atoms with E-state index in [2.05, 4.69) is 201 Å². The average molecular weight is 1020 g/mol. The molecule has 0 bridgehead atoms. The molecule has 15 aromatic rings. The molecule has 4 heterocycles. The highest BCUT2D eigenvalue weighted by atomic mass is 15.1. The molecule has 16 rings (SSSR count). The van der Waals surface area contributed by atoms with Gasteiger partial charge < -0.3 is 13.7 Å². The van der Waals surface area contributed by atoms with Crippen molar-refractivity contribution in [2.45, 2.75) is 5.92 Å². The summed E-state index contributed by atoms with van der Waals surface area (Å²) in [5.41, 5.74) is 18.2. The Morgan fingerprint density at radius 2 is 0.938 bits per heavy atom. The van der Waals surface area contributed by atoms with Crippen LogP contribution in [0.15, 0.2) is 249 Å². The molecule has 1 atom stereocenters. The van der Waals surface area contributed by atoms with Crippen LogP contribution in [0.3, 0.4) is 0 Å². The molecule has 0 saturated carbocycles. The highest BCUT2D eigenvalue weighted by Gasteiger charge is 2.36. The first-order valence-electron chi connectivity index (χ1n) is 26.7. The zero-order chi connectivity index (χ0) is 53.0. The summed E-state index contributed by atoms with van der Waals surface area (Å²) in [4.78, 5) is 20.5. The highest BCUT2D eigenvalue weighted by Crippen LogP contribution is 2.55. The smallest absolute Gasteiger partial charge is 0.187 e. The number of hydrogen-bond donors (Lipinski definition) is 0. The van der Waals surface area contributed by atoms with Crippen LogP contribution in [0, 0.1) is 17.9 Å². The molecule has 4 aromatic heterocycles. The van der Waals surface area contributed by atoms with Crippen molar-refractivity contribution in [3.63, 3.8) is 0 Å². The lowest BCUT2D eigenvalue weighted by atomic mass is 9.84. The molecule has 1 unspecified atom stereocenters. The van der Waals surface area contributed by atoms with Crippen molar-refractivity contribution in [1.82, 2.24) is 28.7 Å². The summed E-state index contributed by atoms with van der Waals surface area (Å²) in [5, 5.41) is 17.4. The maximum absolute atomic E-state index is 10.7. The van der Waals surface area contributed by atoms with E-state index in [0.717, 1.165) is 121 Å². The van der Waals surface area contributed by atoms with Gasteiger partial charge in [0.05, 0.1) is 57.0 Å². The van der Waals surface area contributed by atoms with Crippen molar-refractivity contribution in [3.8, 4) is 68.4 Å². The molecule has 1 aliphatic rings. The Balaban J connectivity index is 0.981. The predicted molar refractivity (Wildman–Crippen MR) is 323 cm³/mol. The number of fused-ring (bicyclic) bond motifs is 14. The van der Waals surface area contributed by atoms with E-state index < -0.39 is 0 Å². The minimum atomic E-state index is -0.305. The van der Waals surface area contributed by atoms with Gasteiger partial charge in [-0.05, 0) is 101 Å². The summed E-state index contributed by atoms with van der Waals surface area (Å²) < 4.78 is 7.02. The van der Waals surface area contributed by atoms with Crippen LogP contribution in [-0.2, 0) is 0 Å². The number of hydrogen-bond acceptors (Lipinski definition) is 4. The van der Waals surface area contributed by atoms with Crippen molar-refractivity contribution < 1.29 is 0 Å². The van der Waals surface area contributed by atoms with Crippen LogP contribution in [0.5, 0.6) is 0 Å². The zero-order valence-corrected chi connectivity index (χ0v) is 42.8. The molecule has 370 valence electrons. The van der Waals surface area contributed by atoms with Crippen molar-refractivity contribution in [3.05, 3.63) is 282 Å². The summed E-state index contributed by atoms with van der Waals surface area (Å²) in [5.74, 6) is 1.10. The predicted octanol–water partition coefficient (Wildman–Crippen LogP) is 17.7. The van der Waals surface area contributed by atoms with Gasteiger partial charge in [-0.25, -0.2) is 19.8 Å². The fourth-order valence-electron chi connectivity index (χ4n) is 12.9. The molecular weight excluding hydrogens is 977 g/mol. The fourth-order valence-corrected chi connectivity index (χ4v) is 12.9. The minimum Gasteiger partial charge on any atom is -0.309 e. The van der Waals surface area contributed by atoms with Gasteiger partial charge in [0, 0.05) is 66.3 Å². The molecule has 0 saturated heterocycles. The van der Waals surface area contributed by atoms with E-state index in [1.165, 1.54) is 5.56 Å². The van der Waals surface area contributed by atoms with Crippen molar-refractivity contribution in [2.75, 3.05) is 0 Å². The maximum Gasteiger partial charge on any atom is 0.187 e. The lowest BCUT2D eigenvalue weighted by Crippen LogP contribution is -2.07. The third-order valence-corrected chi connectivity index (χ3v) is 16.2. The van der Waals surface area contributed by atoms with Crippen LogP contribution in [-0.4, -0.2) is 28.7 Å². The van der Waals surface area contributed by atoms with E-state index in [1.807, 2.05) is 72.8 Å². The van der Waals surface area contributed by atoms with E-state index >= 15 is 0 Å². The van der Waals surface area contributed by atoms with Crippen LogP contribution in [0.4, 0.5) is 5.69 Å². The molecule has 80 heavy (non-hydrogen) atoms. The Morgan fingerprint density at radius 3 is 1.62 bits per heavy atom. The number of nitrogens with zero attached hydrogens (tertiary/aromatic N) is 8. The van der Waals surface area contributed by atoms with Gasteiger partial charge in [-0.1, -0.05) is 176 Å². The summed E-state index contributed by atoms with van der Waals surface area (Å²) >= 11 is 0. The Morgan fingerprint density at radius 1 is 0.400 bits per heavy atom. The Hall–Kier alpha value is -11.2. The van der Waals surface area contributed by atoms with Crippen molar-refractivity contribution in [1.29, 1.82) is 5.26 Å². The lowest BCUT2D eigenvalue weighted by Gasteiger charge is -2.21. The SMILES string of the molecule is [C-]#[N+]c1ccc(-c2nc(-c3ccccc3)nc(-c3ccc(C#N)cc3-n3c4ccccc4c4ccc5c(c6ccccc6n5-c5ccccc5)c43)n2)c(C2c3ccccc3-c3ccc4c(c32)c2ccccc2n4-c2ccccc2)c1. The largest absolute Gasteiger partial charge is 0.309 e. The van der Waals surface area contributed by atoms with Gasteiger partial charge in [0.25, 0.3) is 0 Å². The molecule has 11 aromatic carbocycles. The van der Waals surface area contributed by atoms with Crippen LogP contribution in [0.2, 0.25) is 0 Å². The van der Waals surface area contributed by atoms with E-state index in [0.29, 0.717) is 28.7 Å². The van der Waals surface area contributed by atoms with Gasteiger partial charge in [-0.15, -0.1) is 0 Å². The number of nitriles is 1. The van der Waals surface area contributed by atoms with E-state index in [1.54, 1.807) is 0 Å². The third-order valence-electron chi connectivity index (χ3n) is 16.2. The molecule has 0 spiro atoms. The van der Waals surface area contributed by atoms with E-state index in [4.69, 9.17) is 21.5 Å². The van der Waals surface area contributed by atoms with Crippen LogP contribution >= 0.6 is 0 Å². The molecule has 8 heteroatoms. The van der Waals surface area contributed by atoms with Gasteiger partial charge in [-0.3, -0.25) is 0 Å². The highest BCUT2D eigenvalue weighted by molar-refractivity contribution is 6.26. The number of para-hydroxylation sites is 5. The first kappa shape index (κ1) is 45.0. The summed E-state index contributed by atoms with van der Waals surface area (Å²) in [6, 6.07) is 88.8. The second-order valence-corrected chi connectivity index (χ2v) is 20.4. The quantitative estimate of drug-likeness (QED) is 0.149. The second kappa shape index (κ2) is 17.7. The second-order valence-electron chi connectivity index (χ2n) is 20.4. The van der Waals surface area contributed by atoms with E-state index in [-0.39, 0.29) is 5.92 Å². The monoisotopic (exact) mass is 1020 g/mol. The van der Waals surface area contributed by atoms with Gasteiger partial charge in [0.1, 0.15) is 0 Å². The van der Waals surface area contributed by atoms with Gasteiger partial charge >= 0.3 is 0 Å². The van der Waals surface area contributed by atoms with Gasteiger partial charge in [0.15, 0.2) is 23.2 Å². The number of benzene rings is 11. The summed E-state index contributed by atoms with van der Waals surface area (Å²) in [6.45, 7) is 8.44. The van der Waals surface area contributed by atoms with Crippen molar-refractivity contribution in [2.24, 2.45) is 0 Å². The molecule has 0 fully saturated rings. The van der Waals surface area contributed by atoms with Crippen molar-refractivity contribution >= 4 is 71.1 Å². The lowest BCUT2D eigenvalue weighted by molar-refractivity contribution is 1.01. The normalized spacial score (nSPS) is 12.8. The van der Waals surface area contributed by atoms with E-state index in [9.17, 15) is 5.26 Å². The number of rotatable bonds is 7. The maximum atomic E-state index is 10.7. The number of aromatic nitrogens is 6. The molecule has 0 amide bonds. The summed E-state index contributed by atoms with van der Waals surface area (Å²) in [7, 11) is 0. The first-order chi connectivity index (χ1) is 39.6. The Bertz CT molecular complexity index is 5150. The molecule has 1 aliphatic carbocycles. The van der Waals surface area contributed by atoms with Gasteiger partial charge in [0.2, 0.25) is 0 Å². The Kier molecular flexibility index (Phi) is 9.96. The standard InChI is InChI=1S/C72H42N8/c1-74-46-34-36-54(58(42-46)65-51-27-12-11-25-49(51)52-37-39-62-66(68(52)65)55-28-14-17-31-60(55)78(62)47-21-7-3-8-22-47)71-75-70(45-19-5-2-6-20-45)76-72(77-71)57-35-33-44(43-73)41-64(57)80-59-30-16-13-26-50(59)53-38-40-63-67(69(53)80)56-29-15-18-32-61(56)79(63)48-23-9-4-10-24-48/h2-42,65H.